The number of benzene rings is 1. The number of hydrogen-bond donors (Lipinski definition) is 2. The molecule has 17 heavy (non-hydrogen) atoms. The van der Waals surface area contributed by atoms with Crippen LogP contribution in [0.15, 0.2) is 18.2 Å². The van der Waals surface area contributed by atoms with Crippen LogP contribution in [0.4, 0.5) is 0 Å². The van der Waals surface area contributed by atoms with Crippen LogP contribution in [0.1, 0.15) is 35.3 Å². The Hall–Kier alpha value is -1.39. The van der Waals surface area contributed by atoms with Gasteiger partial charge in [-0.15, -0.1) is 0 Å². The van der Waals surface area contributed by atoms with Crippen LogP contribution >= 0.6 is 0 Å². The number of nitrogens with one attached hydrogen (secondary N) is 1. The number of carbonyl (C=O) groups excluding carboxylic acids is 1. The van der Waals surface area contributed by atoms with E-state index >= 15 is 0 Å². The molecule has 4 nitrogen and oxygen atoms in total. The van der Waals surface area contributed by atoms with Gasteiger partial charge in [0.2, 0.25) is 0 Å². The van der Waals surface area contributed by atoms with Crippen LogP contribution in [0.2, 0.25) is 0 Å². The molecule has 1 aromatic rings. The highest BCUT2D eigenvalue weighted by Gasteiger charge is 2.17. The molecule has 0 fully saturated rings. The molecular weight excluding hydrogens is 218 g/mol. The van der Waals surface area contributed by atoms with E-state index in [1.165, 1.54) is 0 Å². The molecule has 0 radical (unpaired) electrons. The maximum atomic E-state index is 11.8. The van der Waals surface area contributed by atoms with Gasteiger partial charge in [-0.05, 0) is 37.1 Å². The van der Waals surface area contributed by atoms with Gasteiger partial charge < -0.3 is 15.2 Å². The highest BCUT2D eigenvalue weighted by Crippen LogP contribution is 2.20. The molecule has 0 atom stereocenters. The lowest BCUT2D eigenvalue weighted by atomic mass is 10.1. The average molecular weight is 235 g/mol. The third-order valence-electron chi connectivity index (χ3n) is 2.67. The molecule has 0 aromatic heterocycles. The van der Waals surface area contributed by atoms with E-state index in [-0.39, 0.29) is 12.5 Å². The van der Waals surface area contributed by atoms with Crippen LogP contribution in [0, 0.1) is 0 Å². The van der Waals surface area contributed by atoms with Crippen LogP contribution in [0.5, 0.6) is 0 Å². The highest BCUT2D eigenvalue weighted by molar-refractivity contribution is 5.94. The molecule has 4 heteroatoms. The number of ether oxygens (including phenoxy) is 1. The standard InChI is InChI=1S/C13H17NO3/c1-13(2,16)8-14-12(15)9-3-4-10-6-17-7-11(10)5-9/h3-5,16H,6-8H2,1-2H3,(H,14,15). The first kappa shape index (κ1) is 12.1. The fraction of sp³-hybridized carbons (Fsp3) is 0.462. The molecule has 1 aliphatic heterocycles. The van der Waals surface area contributed by atoms with Gasteiger partial charge in [0.1, 0.15) is 0 Å². The van der Waals surface area contributed by atoms with E-state index < -0.39 is 5.60 Å². The Bertz CT molecular complexity index is 435. The van der Waals surface area contributed by atoms with Gasteiger partial charge in [0.15, 0.2) is 0 Å². The summed E-state index contributed by atoms with van der Waals surface area (Å²) in [5.41, 5.74) is 1.93. The van der Waals surface area contributed by atoms with Crippen molar-refractivity contribution in [3.63, 3.8) is 0 Å². The van der Waals surface area contributed by atoms with Crippen molar-refractivity contribution in [1.82, 2.24) is 5.32 Å². The zero-order valence-electron chi connectivity index (χ0n) is 10.1. The van der Waals surface area contributed by atoms with E-state index in [9.17, 15) is 9.90 Å². The molecule has 1 amide bonds. The Balaban J connectivity index is 2.05. The summed E-state index contributed by atoms with van der Waals surface area (Å²) in [5, 5.41) is 12.2. The second-order valence-corrected chi connectivity index (χ2v) is 4.97. The topological polar surface area (TPSA) is 58.6 Å². The molecule has 1 heterocycles. The molecule has 0 saturated carbocycles. The SMILES string of the molecule is CC(C)(O)CNC(=O)c1ccc2c(c1)COC2. The average Bonchev–Trinajstić information content (AvgIpc) is 2.71. The lowest BCUT2D eigenvalue weighted by Crippen LogP contribution is -2.38. The first-order valence-corrected chi connectivity index (χ1v) is 5.66. The largest absolute Gasteiger partial charge is 0.389 e. The van der Waals surface area contributed by atoms with E-state index in [0.29, 0.717) is 18.8 Å². The number of aliphatic hydroxyl groups is 1. The summed E-state index contributed by atoms with van der Waals surface area (Å²) in [5.74, 6) is -0.165. The molecule has 2 N–H and O–H groups in total. The van der Waals surface area contributed by atoms with Crippen molar-refractivity contribution in [3.05, 3.63) is 34.9 Å². The van der Waals surface area contributed by atoms with Gasteiger partial charge in [-0.25, -0.2) is 0 Å². The predicted octanol–water partition coefficient (Wildman–Crippen LogP) is 1.22. The second kappa shape index (κ2) is 4.47. The van der Waals surface area contributed by atoms with Crippen molar-refractivity contribution in [2.75, 3.05) is 6.54 Å². The zero-order chi connectivity index (χ0) is 12.5. The van der Waals surface area contributed by atoms with Crippen molar-refractivity contribution in [2.24, 2.45) is 0 Å². The molecule has 2 rings (SSSR count). The van der Waals surface area contributed by atoms with Gasteiger partial charge in [-0.2, -0.15) is 0 Å². The molecule has 0 saturated heterocycles. The Labute approximate surface area is 101 Å². The van der Waals surface area contributed by atoms with E-state index in [4.69, 9.17) is 4.74 Å². The quantitative estimate of drug-likeness (QED) is 0.828. The van der Waals surface area contributed by atoms with E-state index in [2.05, 4.69) is 5.32 Å². The minimum absolute atomic E-state index is 0.165. The van der Waals surface area contributed by atoms with Crippen molar-refractivity contribution < 1.29 is 14.6 Å². The van der Waals surface area contributed by atoms with Gasteiger partial charge in [0, 0.05) is 12.1 Å². The number of hydrogen-bond acceptors (Lipinski definition) is 3. The number of carbonyl (C=O) groups is 1. The van der Waals surface area contributed by atoms with Crippen LogP contribution in [0.3, 0.4) is 0 Å². The van der Waals surface area contributed by atoms with Crippen LogP contribution in [-0.4, -0.2) is 23.2 Å². The molecular formula is C13H17NO3. The van der Waals surface area contributed by atoms with Crippen molar-refractivity contribution in [3.8, 4) is 0 Å². The lowest BCUT2D eigenvalue weighted by molar-refractivity contribution is 0.0694. The van der Waals surface area contributed by atoms with Crippen LogP contribution in [-0.2, 0) is 18.0 Å². The third-order valence-corrected chi connectivity index (χ3v) is 2.67. The van der Waals surface area contributed by atoms with Gasteiger partial charge >= 0.3 is 0 Å². The summed E-state index contributed by atoms with van der Waals surface area (Å²) in [7, 11) is 0. The summed E-state index contributed by atoms with van der Waals surface area (Å²) in [4.78, 5) is 11.8. The first-order chi connectivity index (χ1) is 7.96. The Morgan fingerprint density at radius 2 is 2.12 bits per heavy atom. The Kier molecular flexibility index (Phi) is 3.17. The number of amides is 1. The Morgan fingerprint density at radius 1 is 1.41 bits per heavy atom. The smallest absolute Gasteiger partial charge is 0.251 e. The monoisotopic (exact) mass is 235 g/mol. The van der Waals surface area contributed by atoms with Gasteiger partial charge in [-0.3, -0.25) is 4.79 Å². The summed E-state index contributed by atoms with van der Waals surface area (Å²) in [6, 6.07) is 5.55. The zero-order valence-corrected chi connectivity index (χ0v) is 10.1. The third kappa shape index (κ3) is 3.05. The molecule has 0 spiro atoms. The second-order valence-electron chi connectivity index (χ2n) is 4.97. The summed E-state index contributed by atoms with van der Waals surface area (Å²) < 4.78 is 5.29. The summed E-state index contributed by atoms with van der Waals surface area (Å²) >= 11 is 0. The van der Waals surface area contributed by atoms with Crippen LogP contribution in [0.25, 0.3) is 0 Å². The van der Waals surface area contributed by atoms with Crippen molar-refractivity contribution >= 4 is 5.91 Å². The molecule has 0 bridgehead atoms. The predicted molar refractivity (Wildman–Crippen MR) is 63.6 cm³/mol. The molecule has 0 unspecified atom stereocenters. The van der Waals surface area contributed by atoms with Crippen LogP contribution < -0.4 is 5.32 Å². The van der Waals surface area contributed by atoms with E-state index in [1.54, 1.807) is 19.9 Å². The molecule has 92 valence electrons. The fourth-order valence-electron chi connectivity index (χ4n) is 1.71. The van der Waals surface area contributed by atoms with Crippen molar-refractivity contribution in [2.45, 2.75) is 32.7 Å². The number of fused-ring (bicyclic) bond motifs is 1. The maximum absolute atomic E-state index is 11.8. The summed E-state index contributed by atoms with van der Waals surface area (Å²) in [6.07, 6.45) is 0. The summed E-state index contributed by atoms with van der Waals surface area (Å²) in [6.45, 7) is 4.75. The van der Waals surface area contributed by atoms with E-state index in [0.717, 1.165) is 11.1 Å². The molecule has 0 aliphatic carbocycles. The van der Waals surface area contributed by atoms with Crippen molar-refractivity contribution in [1.29, 1.82) is 0 Å². The molecule has 1 aromatic carbocycles. The van der Waals surface area contributed by atoms with E-state index in [1.807, 2.05) is 12.1 Å². The first-order valence-electron chi connectivity index (χ1n) is 5.66. The number of rotatable bonds is 3. The Morgan fingerprint density at radius 3 is 2.82 bits per heavy atom. The molecule has 1 aliphatic rings. The van der Waals surface area contributed by atoms with Gasteiger partial charge in [0.05, 0.1) is 18.8 Å². The van der Waals surface area contributed by atoms with Gasteiger partial charge in [0.25, 0.3) is 5.91 Å². The lowest BCUT2D eigenvalue weighted by Gasteiger charge is -2.17. The highest BCUT2D eigenvalue weighted by atomic mass is 16.5. The minimum atomic E-state index is -0.893. The maximum Gasteiger partial charge on any atom is 0.251 e. The normalized spacial score (nSPS) is 14.5. The minimum Gasteiger partial charge on any atom is -0.389 e. The van der Waals surface area contributed by atoms with Gasteiger partial charge in [-0.1, -0.05) is 6.07 Å². The fourth-order valence-corrected chi connectivity index (χ4v) is 1.71.